The highest BCUT2D eigenvalue weighted by molar-refractivity contribution is 7.13. The molecule has 2 bridgehead atoms. The minimum absolute atomic E-state index is 0.00403. The van der Waals surface area contributed by atoms with E-state index in [1.807, 2.05) is 44.3 Å². The summed E-state index contributed by atoms with van der Waals surface area (Å²) in [6.45, 7) is 13.3. The number of piperazine rings is 1. The lowest BCUT2D eigenvalue weighted by molar-refractivity contribution is -0.141. The summed E-state index contributed by atoms with van der Waals surface area (Å²) in [5.41, 5.74) is 11.8. The molecule has 6 aromatic rings. The number of hydrogen-bond acceptors (Lipinski definition) is 18. The molecular weight excluding hydrogens is 1080 g/mol. The molecule has 6 fully saturated rings. The molecule has 440 valence electrons. The van der Waals surface area contributed by atoms with Gasteiger partial charge in [-0.2, -0.15) is 0 Å². The molecule has 19 nitrogen and oxygen atoms in total. The Kier molecular flexibility index (Phi) is 16.3. The fourth-order valence-electron chi connectivity index (χ4n) is 13.5. The Morgan fingerprint density at radius 1 is 0.843 bits per heavy atom. The Morgan fingerprint density at radius 2 is 1.60 bits per heavy atom. The van der Waals surface area contributed by atoms with Crippen LogP contribution in [0.3, 0.4) is 0 Å². The minimum Gasteiger partial charge on any atom is -0.507 e. The van der Waals surface area contributed by atoms with Crippen molar-refractivity contribution in [2.24, 2.45) is 11.8 Å². The third kappa shape index (κ3) is 11.8. The van der Waals surface area contributed by atoms with Crippen LogP contribution in [-0.4, -0.2) is 152 Å². The minimum atomic E-state index is -1.07. The van der Waals surface area contributed by atoms with E-state index in [0.29, 0.717) is 51.0 Å². The van der Waals surface area contributed by atoms with Crippen LogP contribution in [0.15, 0.2) is 76.9 Å². The van der Waals surface area contributed by atoms with Crippen molar-refractivity contribution >= 4 is 46.2 Å². The average Bonchev–Trinajstić information content (AvgIpc) is 4.37. The number of hydrogen-bond donors (Lipinski definition) is 4. The molecule has 0 spiro atoms. The smallest absolute Gasteiger partial charge is 0.243 e. The Balaban J connectivity index is 0.569. The number of aryl methyl sites for hydroxylation is 1. The monoisotopic (exact) mass is 1160 g/mol. The maximum absolute atomic E-state index is 15.5. The van der Waals surface area contributed by atoms with Crippen molar-refractivity contribution in [2.45, 2.75) is 140 Å². The number of aromatic nitrogens is 5. The van der Waals surface area contributed by atoms with Crippen molar-refractivity contribution in [2.75, 3.05) is 72.8 Å². The molecule has 4 aromatic heterocycles. The van der Waals surface area contributed by atoms with E-state index in [0.717, 1.165) is 109 Å². The second kappa shape index (κ2) is 23.9. The molecule has 83 heavy (non-hydrogen) atoms. The molecule has 2 aromatic carbocycles. The maximum Gasteiger partial charge on any atom is 0.243 e. The van der Waals surface area contributed by atoms with Crippen molar-refractivity contribution in [3.05, 3.63) is 101 Å². The van der Waals surface area contributed by atoms with Crippen LogP contribution in [0.2, 0.25) is 0 Å². The van der Waals surface area contributed by atoms with Crippen LogP contribution >= 0.6 is 11.3 Å². The number of phenolic OH excluding ortho intramolecular Hbond substituents is 1. The van der Waals surface area contributed by atoms with Gasteiger partial charge in [-0.1, -0.05) is 37.2 Å². The van der Waals surface area contributed by atoms with Crippen LogP contribution in [0.1, 0.15) is 108 Å². The van der Waals surface area contributed by atoms with Gasteiger partial charge >= 0.3 is 0 Å². The quantitative estimate of drug-likeness (QED) is 0.0674. The first-order chi connectivity index (χ1) is 40.1. The third-order valence-electron chi connectivity index (χ3n) is 18.1. The van der Waals surface area contributed by atoms with Gasteiger partial charge in [-0.15, -0.1) is 21.5 Å². The fourth-order valence-corrected chi connectivity index (χ4v) is 14.4. The molecule has 2 unspecified atom stereocenters. The predicted octanol–water partition coefficient (Wildman–Crippen LogP) is 8.27. The van der Waals surface area contributed by atoms with Crippen molar-refractivity contribution in [1.29, 1.82) is 0 Å². The van der Waals surface area contributed by atoms with E-state index in [2.05, 4.69) is 62.4 Å². The van der Waals surface area contributed by atoms with Crippen LogP contribution in [0.25, 0.3) is 21.7 Å². The summed E-state index contributed by atoms with van der Waals surface area (Å²) in [7, 11) is 0. The fraction of sp³-hybridized carbons (Fsp3) is 0.525. The number of aliphatic hydroxyl groups is 1. The predicted molar refractivity (Wildman–Crippen MR) is 311 cm³/mol. The van der Waals surface area contributed by atoms with Gasteiger partial charge in [0.2, 0.25) is 17.7 Å². The molecule has 1 aliphatic carbocycles. The van der Waals surface area contributed by atoms with E-state index in [4.69, 9.17) is 19.7 Å². The van der Waals surface area contributed by atoms with Crippen LogP contribution in [-0.2, 0) is 14.3 Å². The number of thiazole rings is 1. The van der Waals surface area contributed by atoms with E-state index in [1.54, 1.807) is 31.5 Å². The summed E-state index contributed by atoms with van der Waals surface area (Å²) in [5.74, 6) is -1.22. The number of carbonyl (C=O) groups excluding carboxylic acids is 2. The number of β-amino-alcohol motifs (C(OH)–C–C–N with tert-alkyl or cyclic N) is 1. The number of benzene rings is 2. The van der Waals surface area contributed by atoms with Crippen LogP contribution in [0.5, 0.6) is 11.6 Å². The molecular formula is C61H74F2N12O7S. The van der Waals surface area contributed by atoms with Gasteiger partial charge in [-0.25, -0.2) is 18.7 Å². The number of para-hydroxylation sites is 1. The second-order valence-corrected chi connectivity index (χ2v) is 24.9. The maximum atomic E-state index is 15.5. The number of aromatic hydroxyl groups is 1. The summed E-state index contributed by atoms with van der Waals surface area (Å²) in [5, 5.41) is 37.0. The zero-order chi connectivity index (χ0) is 57.6. The molecule has 1 saturated carbocycles. The molecule has 0 radical (unpaired) electrons. The number of anilines is 4. The van der Waals surface area contributed by atoms with Crippen LogP contribution in [0.4, 0.5) is 31.8 Å². The molecule has 6 atom stereocenters. The molecule has 12 rings (SSSR count). The topological polar surface area (TPSA) is 225 Å². The van der Waals surface area contributed by atoms with Gasteiger partial charge in [-0.05, 0) is 94.5 Å². The number of nitrogen functional groups attached to an aromatic ring is 1. The molecule has 5 aliphatic heterocycles. The summed E-state index contributed by atoms with van der Waals surface area (Å²) >= 11 is 1.22. The average molecular weight is 1160 g/mol. The number of phenols is 1. The number of aliphatic hydroxyl groups excluding tert-OH is 1. The highest BCUT2D eigenvalue weighted by Gasteiger charge is 2.45. The number of fused-ring (bicyclic) bond motifs is 2. The third-order valence-corrected chi connectivity index (χ3v) is 19.0. The van der Waals surface area contributed by atoms with E-state index >= 15 is 8.78 Å². The van der Waals surface area contributed by atoms with Gasteiger partial charge in [0, 0.05) is 124 Å². The van der Waals surface area contributed by atoms with Crippen molar-refractivity contribution in [1.82, 2.24) is 40.4 Å². The van der Waals surface area contributed by atoms with Crippen LogP contribution < -0.4 is 30.5 Å². The highest BCUT2D eigenvalue weighted by atomic mass is 32.1. The van der Waals surface area contributed by atoms with Crippen molar-refractivity contribution in [3.8, 4) is 33.3 Å². The number of pyridine rings is 1. The van der Waals surface area contributed by atoms with Crippen molar-refractivity contribution < 1.29 is 42.6 Å². The number of rotatable bonds is 17. The first-order valence-electron chi connectivity index (χ1n) is 29.5. The summed E-state index contributed by atoms with van der Waals surface area (Å²) in [6.07, 6.45) is 9.25. The van der Waals surface area contributed by atoms with Gasteiger partial charge in [0.1, 0.15) is 23.8 Å². The summed E-state index contributed by atoms with van der Waals surface area (Å²) in [4.78, 5) is 48.5. The molecule has 2 amide bonds. The Morgan fingerprint density at radius 3 is 2.33 bits per heavy atom. The lowest BCUT2D eigenvalue weighted by atomic mass is 9.91. The number of nitrogens with one attached hydrogen (secondary N) is 1. The zero-order valence-electron chi connectivity index (χ0n) is 47.4. The molecule has 6 aliphatic rings. The number of amides is 2. The molecule has 9 heterocycles. The number of halogens is 2. The van der Waals surface area contributed by atoms with Gasteiger partial charge in [0.05, 0.1) is 51.8 Å². The summed E-state index contributed by atoms with van der Waals surface area (Å²) < 4.78 is 49.8. The Bertz CT molecular complexity index is 3280. The number of nitrogens with two attached hydrogens (primary N) is 1. The largest absolute Gasteiger partial charge is 0.507 e. The second-order valence-electron chi connectivity index (χ2n) is 24.0. The first kappa shape index (κ1) is 56.5. The number of ether oxygens (including phenoxy) is 2. The number of likely N-dealkylation sites (tertiary alicyclic amines) is 2. The van der Waals surface area contributed by atoms with E-state index in [9.17, 15) is 19.8 Å². The molecule has 5 saturated heterocycles. The van der Waals surface area contributed by atoms with E-state index < -0.39 is 41.6 Å². The number of piperidine rings is 2. The number of carbonyl (C=O) groups is 2. The molecule has 5 N–H and O–H groups in total. The summed E-state index contributed by atoms with van der Waals surface area (Å²) in [6, 6.07) is 16.6. The Hall–Kier alpha value is -7.01. The molecule has 22 heteroatoms. The van der Waals surface area contributed by atoms with Gasteiger partial charge < -0.3 is 59.8 Å². The SMILES string of the molecule is Cc1ncsc1-c1ccc([C@H](C)NC(=O)[C@@H]2C[C@@H](O)CN2C(=O)[C@@H](c2cc(N3CCC(CN4CCC(OC5CC(Oc6cc(N7C8CCC7CN(c7cc(-c9ccccc9O)nnc7N)C8)ccn6)C5)CC4)CC3)no2)C(C)C)c(F)c1F. The lowest BCUT2D eigenvalue weighted by Gasteiger charge is -2.43. The zero-order valence-corrected chi connectivity index (χ0v) is 48.3. The number of nitrogens with zero attached hydrogens (tertiary/aromatic N) is 10. The van der Waals surface area contributed by atoms with Crippen molar-refractivity contribution in [3.63, 3.8) is 0 Å². The van der Waals surface area contributed by atoms with Gasteiger partial charge in [0.15, 0.2) is 29.0 Å². The van der Waals surface area contributed by atoms with Gasteiger partial charge in [-0.3, -0.25) is 9.59 Å². The standard InChI is InChI=1S/C61H74F2N12O7S/c1-34(2)55(61(79)74-32-41(76)24-50(74)60(78)67-35(3)45-11-12-47(57(63)56(45)62)58-36(4)66-33-83-58)52-28-53(70-82-52)72-21-14-37(15-22-72)29-71-19-16-42(17-20-71)80-43-25-44(26-43)81-54-23-38(13-18-65-54)75-39-9-10-40(75)31-73(30-39)49-27-48(68-69-59(49)64)46-7-5-6-8-51(46)77/h5-8,11-13,18,23,27-28,33-35,37,39-44,50,55,76-77H,9-10,14-17,19-22,24-26,29-32H2,1-4H3,(H2,64,69)(H,67,78)/t35-,39?,40?,41+,43?,44?,50-,55+/m0/s1. The van der Waals surface area contributed by atoms with E-state index in [-0.39, 0.29) is 72.1 Å². The van der Waals surface area contributed by atoms with Crippen LogP contribution in [0, 0.1) is 30.4 Å². The highest BCUT2D eigenvalue weighted by Crippen LogP contribution is 2.42. The Labute approximate surface area is 486 Å². The van der Waals surface area contributed by atoms with E-state index in [1.165, 1.54) is 28.4 Å². The normalized spacial score (nSPS) is 24.1. The lowest BCUT2D eigenvalue weighted by Crippen LogP contribution is -2.54. The first-order valence-corrected chi connectivity index (χ1v) is 30.3. The van der Waals surface area contributed by atoms with Gasteiger partial charge in [0.25, 0.3) is 0 Å².